The highest BCUT2D eigenvalue weighted by atomic mass is 32.2. The molecule has 0 aromatic heterocycles. The van der Waals surface area contributed by atoms with Gasteiger partial charge in [-0.1, -0.05) is 0 Å². The molecule has 0 aromatic rings. The van der Waals surface area contributed by atoms with E-state index in [4.69, 9.17) is 6.57 Å². The van der Waals surface area contributed by atoms with E-state index in [2.05, 4.69) is 44.4 Å². The zero-order valence-corrected chi connectivity index (χ0v) is 18.3. The van der Waals surface area contributed by atoms with Crippen molar-refractivity contribution < 1.29 is 0 Å². The average Bonchev–Trinajstić information content (AvgIpc) is 3.14. The summed E-state index contributed by atoms with van der Waals surface area (Å²) in [6.45, 7) is 20.6. The third kappa shape index (κ3) is 5.14. The molecule has 6 nitrogen and oxygen atoms in total. The van der Waals surface area contributed by atoms with E-state index >= 15 is 0 Å². The van der Waals surface area contributed by atoms with Gasteiger partial charge < -0.3 is 19.6 Å². The van der Waals surface area contributed by atoms with Crippen molar-refractivity contribution in [3.63, 3.8) is 0 Å². The van der Waals surface area contributed by atoms with Gasteiger partial charge >= 0.3 is 5.70 Å². The lowest BCUT2D eigenvalue weighted by Gasteiger charge is -2.40. The Kier molecular flexibility index (Phi) is 7.91. The molecule has 0 saturated carbocycles. The smallest absolute Gasteiger partial charge is 0.300 e. The van der Waals surface area contributed by atoms with Crippen LogP contribution in [0.5, 0.6) is 0 Å². The first-order chi connectivity index (χ1) is 13.6. The molecule has 0 unspecified atom stereocenters. The van der Waals surface area contributed by atoms with Crippen molar-refractivity contribution in [2.24, 2.45) is 0 Å². The van der Waals surface area contributed by atoms with E-state index in [9.17, 15) is 5.26 Å². The van der Waals surface area contributed by atoms with Crippen LogP contribution in [0, 0.1) is 17.9 Å². The number of thioether (sulfide) groups is 1. The molecule has 0 aliphatic carbocycles. The maximum absolute atomic E-state index is 9.57. The molecule has 3 heterocycles. The number of allylic oxidation sites excluding steroid dienone is 1. The molecule has 28 heavy (non-hydrogen) atoms. The lowest BCUT2D eigenvalue weighted by atomic mass is 10.0. The highest BCUT2D eigenvalue weighted by Gasteiger charge is 2.34. The minimum atomic E-state index is 0.276. The van der Waals surface area contributed by atoms with Crippen molar-refractivity contribution >= 4 is 11.8 Å². The van der Waals surface area contributed by atoms with Crippen LogP contribution in [0.2, 0.25) is 0 Å². The third-order valence-electron chi connectivity index (χ3n) is 6.29. The van der Waals surface area contributed by atoms with Gasteiger partial charge in [-0.25, -0.2) is 10.1 Å². The van der Waals surface area contributed by atoms with E-state index in [1.807, 2.05) is 11.8 Å². The van der Waals surface area contributed by atoms with Crippen molar-refractivity contribution in [3.8, 4) is 6.07 Å². The molecule has 7 heteroatoms. The predicted molar refractivity (Wildman–Crippen MR) is 116 cm³/mol. The molecule has 0 amide bonds. The second-order valence-electron chi connectivity index (χ2n) is 8.24. The largest absolute Gasteiger partial charge is 0.365 e. The van der Waals surface area contributed by atoms with Gasteiger partial charge in [-0.15, -0.1) is 0 Å². The standard InChI is InChI=1S/C21H34N6S/c1-18(2)25-9-5-19(6-10-25)27-12-11-26(21(27)20(17-22)23-3)8-4-7-24-13-15-28-16-14-24/h18-19H,4-16H2,1-2H3/b21-20+. The van der Waals surface area contributed by atoms with Crippen molar-refractivity contribution in [2.45, 2.75) is 45.2 Å². The van der Waals surface area contributed by atoms with Crippen molar-refractivity contribution in [2.75, 3.05) is 63.9 Å². The van der Waals surface area contributed by atoms with E-state index in [1.165, 1.54) is 24.6 Å². The molecule has 3 aliphatic rings. The summed E-state index contributed by atoms with van der Waals surface area (Å²) in [4.78, 5) is 13.4. The van der Waals surface area contributed by atoms with E-state index < -0.39 is 0 Å². The highest BCUT2D eigenvalue weighted by Crippen LogP contribution is 2.30. The molecular formula is C21H34N6S. The van der Waals surface area contributed by atoms with E-state index in [-0.39, 0.29) is 5.70 Å². The first kappa shape index (κ1) is 21.3. The molecule has 3 saturated heterocycles. The fourth-order valence-corrected chi connectivity index (χ4v) is 5.61. The predicted octanol–water partition coefficient (Wildman–Crippen LogP) is 2.53. The quantitative estimate of drug-likeness (QED) is 0.502. The Balaban J connectivity index is 1.61. The van der Waals surface area contributed by atoms with E-state index in [0.717, 1.165) is 64.4 Å². The Bertz CT molecular complexity index is 604. The minimum Gasteiger partial charge on any atom is -0.365 e. The van der Waals surface area contributed by atoms with Gasteiger partial charge in [-0.2, -0.15) is 11.8 Å². The molecular weight excluding hydrogens is 368 g/mol. The maximum atomic E-state index is 9.57. The normalized spacial score (nSPS) is 24.5. The molecule has 0 N–H and O–H groups in total. The Labute approximate surface area is 174 Å². The monoisotopic (exact) mass is 402 g/mol. The van der Waals surface area contributed by atoms with E-state index in [1.54, 1.807) is 0 Å². The molecule has 0 aromatic carbocycles. The van der Waals surface area contributed by atoms with Crippen LogP contribution in [0.15, 0.2) is 11.5 Å². The Morgan fingerprint density at radius 3 is 2.46 bits per heavy atom. The van der Waals surface area contributed by atoms with Gasteiger partial charge in [-0.3, -0.25) is 0 Å². The van der Waals surface area contributed by atoms with Crippen LogP contribution in [0.4, 0.5) is 0 Å². The third-order valence-corrected chi connectivity index (χ3v) is 7.23. The summed E-state index contributed by atoms with van der Waals surface area (Å²) in [5.41, 5.74) is 0.276. The zero-order valence-electron chi connectivity index (χ0n) is 17.4. The zero-order chi connectivity index (χ0) is 19.9. The summed E-state index contributed by atoms with van der Waals surface area (Å²) in [5.74, 6) is 3.40. The minimum absolute atomic E-state index is 0.276. The Morgan fingerprint density at radius 2 is 1.86 bits per heavy atom. The Hall–Kier alpha value is -1.41. The summed E-state index contributed by atoms with van der Waals surface area (Å²) in [6.07, 6.45) is 3.35. The molecule has 0 atom stereocenters. The molecule has 154 valence electrons. The number of hydrogen-bond acceptors (Lipinski definition) is 6. The van der Waals surface area contributed by atoms with Crippen LogP contribution >= 0.6 is 11.8 Å². The molecule has 3 rings (SSSR count). The maximum Gasteiger partial charge on any atom is 0.300 e. The molecule has 0 bridgehead atoms. The molecule has 3 aliphatic heterocycles. The van der Waals surface area contributed by atoms with Crippen molar-refractivity contribution in [1.29, 1.82) is 5.26 Å². The molecule has 0 spiro atoms. The van der Waals surface area contributed by atoms with Crippen LogP contribution in [0.3, 0.4) is 0 Å². The second kappa shape index (κ2) is 10.4. The lowest BCUT2D eigenvalue weighted by molar-refractivity contribution is 0.116. The summed E-state index contributed by atoms with van der Waals surface area (Å²) in [5, 5.41) is 9.57. The second-order valence-corrected chi connectivity index (χ2v) is 9.47. The summed E-state index contributed by atoms with van der Waals surface area (Å²) < 4.78 is 0. The van der Waals surface area contributed by atoms with Gasteiger partial charge in [0.1, 0.15) is 5.82 Å². The van der Waals surface area contributed by atoms with Gasteiger partial charge in [0.15, 0.2) is 0 Å². The van der Waals surface area contributed by atoms with Gasteiger partial charge in [0.05, 0.1) is 12.6 Å². The van der Waals surface area contributed by atoms with Crippen LogP contribution in [-0.2, 0) is 0 Å². The van der Waals surface area contributed by atoms with Gasteiger partial charge in [-0.05, 0) is 39.7 Å². The fraction of sp³-hybridized carbons (Fsp3) is 0.810. The summed E-state index contributed by atoms with van der Waals surface area (Å²) >= 11 is 2.05. The van der Waals surface area contributed by atoms with Gasteiger partial charge in [0.2, 0.25) is 0 Å². The van der Waals surface area contributed by atoms with E-state index in [0.29, 0.717) is 12.1 Å². The highest BCUT2D eigenvalue weighted by molar-refractivity contribution is 7.99. The number of piperidine rings is 1. The number of rotatable bonds is 6. The number of hydrogen-bond donors (Lipinski definition) is 0. The first-order valence-corrected chi connectivity index (χ1v) is 11.9. The van der Waals surface area contributed by atoms with Crippen LogP contribution in [0.25, 0.3) is 4.85 Å². The summed E-state index contributed by atoms with van der Waals surface area (Å²) in [6, 6.07) is 3.23. The number of nitriles is 1. The Morgan fingerprint density at radius 1 is 1.14 bits per heavy atom. The first-order valence-electron chi connectivity index (χ1n) is 10.7. The fourth-order valence-electron chi connectivity index (χ4n) is 4.63. The number of nitrogens with zero attached hydrogens (tertiary/aromatic N) is 6. The SMILES string of the molecule is [C-]#[N+]/C(C#N)=C1\N(CCCN2CCSCC2)CCN1C1CCN(C(C)C)CC1. The average molecular weight is 403 g/mol. The lowest BCUT2D eigenvalue weighted by Crippen LogP contribution is -2.46. The van der Waals surface area contributed by atoms with Gasteiger partial charge in [0.25, 0.3) is 0 Å². The number of likely N-dealkylation sites (tertiary alicyclic amines) is 1. The summed E-state index contributed by atoms with van der Waals surface area (Å²) in [7, 11) is 0. The van der Waals surface area contributed by atoms with Crippen LogP contribution < -0.4 is 0 Å². The molecule has 0 radical (unpaired) electrons. The molecule has 3 fully saturated rings. The van der Waals surface area contributed by atoms with Crippen molar-refractivity contribution in [3.05, 3.63) is 22.9 Å². The van der Waals surface area contributed by atoms with Crippen LogP contribution in [-0.4, -0.2) is 95.5 Å². The van der Waals surface area contributed by atoms with Crippen molar-refractivity contribution in [1.82, 2.24) is 19.6 Å². The van der Waals surface area contributed by atoms with Crippen LogP contribution in [0.1, 0.15) is 33.1 Å². The topological polar surface area (TPSA) is 41.1 Å². The van der Waals surface area contributed by atoms with Gasteiger partial charge in [0, 0.05) is 69.4 Å².